The standard InChI is InChI=1S/C9H9ClFNO3/c10-4-1-5-15-9-3-2-7(12(13)14)6-8(9)11/h2-3,6H,1,4-5H2. The molecule has 0 aromatic heterocycles. The maximum atomic E-state index is 13.2. The maximum Gasteiger partial charge on any atom is 0.272 e. The molecule has 1 aromatic carbocycles. The molecule has 0 atom stereocenters. The monoisotopic (exact) mass is 233 g/mol. The van der Waals surface area contributed by atoms with Crippen molar-refractivity contribution >= 4 is 17.3 Å². The minimum absolute atomic E-state index is 0.00529. The third kappa shape index (κ3) is 3.36. The van der Waals surface area contributed by atoms with E-state index in [1.54, 1.807) is 0 Å². The SMILES string of the molecule is O=[N+]([O-])c1ccc(OCCCCl)c(F)c1. The van der Waals surface area contributed by atoms with Gasteiger partial charge in [0.1, 0.15) is 0 Å². The lowest BCUT2D eigenvalue weighted by molar-refractivity contribution is -0.385. The summed E-state index contributed by atoms with van der Waals surface area (Å²) >= 11 is 5.41. The number of nitrogens with zero attached hydrogens (tertiary/aromatic N) is 1. The number of nitro benzene ring substituents is 1. The first-order valence-electron chi connectivity index (χ1n) is 4.28. The second-order valence-corrected chi connectivity index (χ2v) is 3.14. The van der Waals surface area contributed by atoms with Gasteiger partial charge in [0.2, 0.25) is 0 Å². The molecule has 4 nitrogen and oxygen atoms in total. The summed E-state index contributed by atoms with van der Waals surface area (Å²) in [6.07, 6.45) is 0.595. The predicted octanol–water partition coefficient (Wildman–Crippen LogP) is 2.74. The second kappa shape index (κ2) is 5.50. The topological polar surface area (TPSA) is 52.4 Å². The number of nitro groups is 1. The molecule has 0 spiro atoms. The number of non-ortho nitro benzene ring substituents is 1. The Morgan fingerprint density at radius 1 is 1.53 bits per heavy atom. The molecule has 1 aromatic rings. The minimum atomic E-state index is -0.737. The smallest absolute Gasteiger partial charge is 0.272 e. The number of halogens is 2. The molecule has 1 rings (SSSR count). The summed E-state index contributed by atoms with van der Waals surface area (Å²) in [7, 11) is 0. The molecule has 15 heavy (non-hydrogen) atoms. The lowest BCUT2D eigenvalue weighted by Crippen LogP contribution is -2.00. The number of benzene rings is 1. The van der Waals surface area contributed by atoms with Crippen LogP contribution in [0.1, 0.15) is 6.42 Å². The van der Waals surface area contributed by atoms with Crippen LogP contribution in [0.3, 0.4) is 0 Å². The quantitative estimate of drug-likeness (QED) is 0.340. The Hall–Kier alpha value is -1.36. The highest BCUT2D eigenvalue weighted by molar-refractivity contribution is 6.17. The molecule has 0 fully saturated rings. The first-order valence-corrected chi connectivity index (χ1v) is 4.81. The van der Waals surface area contributed by atoms with Gasteiger partial charge in [0.05, 0.1) is 17.6 Å². The molecule has 0 radical (unpaired) electrons. The van der Waals surface area contributed by atoms with E-state index in [1.165, 1.54) is 12.1 Å². The van der Waals surface area contributed by atoms with Crippen molar-refractivity contribution in [2.75, 3.05) is 12.5 Å². The van der Waals surface area contributed by atoms with Gasteiger partial charge in [-0.25, -0.2) is 4.39 Å². The molecule has 0 saturated carbocycles. The Morgan fingerprint density at radius 2 is 2.27 bits per heavy atom. The Bertz CT molecular complexity index is 359. The van der Waals surface area contributed by atoms with Crippen LogP contribution in [-0.2, 0) is 0 Å². The molecular formula is C9H9ClFNO3. The van der Waals surface area contributed by atoms with Gasteiger partial charge in [-0.15, -0.1) is 11.6 Å². The molecule has 0 bridgehead atoms. The van der Waals surface area contributed by atoms with E-state index in [9.17, 15) is 14.5 Å². The molecule has 0 unspecified atom stereocenters. The van der Waals surface area contributed by atoms with Gasteiger partial charge in [-0.2, -0.15) is 0 Å². The predicted molar refractivity (Wildman–Crippen MR) is 53.9 cm³/mol. The van der Waals surface area contributed by atoms with Gasteiger partial charge in [-0.3, -0.25) is 10.1 Å². The molecular weight excluding hydrogens is 225 g/mol. The molecule has 82 valence electrons. The van der Waals surface area contributed by atoms with Gasteiger partial charge in [-0.05, 0) is 12.5 Å². The van der Waals surface area contributed by atoms with Crippen LogP contribution in [0.2, 0.25) is 0 Å². The van der Waals surface area contributed by atoms with Crippen molar-refractivity contribution in [1.29, 1.82) is 0 Å². The first-order chi connectivity index (χ1) is 7.15. The third-order valence-electron chi connectivity index (χ3n) is 1.66. The molecule has 0 saturated heterocycles. The average molecular weight is 234 g/mol. The Balaban J connectivity index is 2.70. The summed E-state index contributed by atoms with van der Waals surface area (Å²) in [6, 6.07) is 3.26. The number of rotatable bonds is 5. The largest absolute Gasteiger partial charge is 0.490 e. The zero-order chi connectivity index (χ0) is 11.3. The lowest BCUT2D eigenvalue weighted by atomic mass is 10.3. The van der Waals surface area contributed by atoms with Crippen LogP contribution in [0.5, 0.6) is 5.75 Å². The highest BCUT2D eigenvalue weighted by Crippen LogP contribution is 2.22. The number of hydrogen-bond acceptors (Lipinski definition) is 3. The Kier molecular flexibility index (Phi) is 4.30. The average Bonchev–Trinajstić information content (AvgIpc) is 2.20. The zero-order valence-electron chi connectivity index (χ0n) is 7.78. The fourth-order valence-electron chi connectivity index (χ4n) is 0.957. The fourth-order valence-corrected chi connectivity index (χ4v) is 1.07. The van der Waals surface area contributed by atoms with Crippen LogP contribution < -0.4 is 4.74 Å². The molecule has 0 aliphatic rings. The van der Waals surface area contributed by atoms with E-state index in [4.69, 9.17) is 16.3 Å². The van der Waals surface area contributed by atoms with Crippen LogP contribution in [0.25, 0.3) is 0 Å². The van der Waals surface area contributed by atoms with Gasteiger partial charge in [0, 0.05) is 11.9 Å². The van der Waals surface area contributed by atoms with E-state index in [0.717, 1.165) is 6.07 Å². The van der Waals surface area contributed by atoms with Crippen LogP contribution in [0, 0.1) is 15.9 Å². The Morgan fingerprint density at radius 3 is 2.80 bits per heavy atom. The molecule has 0 amide bonds. The van der Waals surface area contributed by atoms with Crippen LogP contribution in [0.4, 0.5) is 10.1 Å². The Labute approximate surface area is 90.8 Å². The normalized spacial score (nSPS) is 10.0. The molecule has 0 heterocycles. The van der Waals surface area contributed by atoms with Crippen molar-refractivity contribution in [2.45, 2.75) is 6.42 Å². The van der Waals surface area contributed by atoms with E-state index in [2.05, 4.69) is 0 Å². The van der Waals surface area contributed by atoms with Gasteiger partial charge in [0.15, 0.2) is 11.6 Å². The van der Waals surface area contributed by atoms with Crippen molar-refractivity contribution < 1.29 is 14.1 Å². The van der Waals surface area contributed by atoms with Crippen LogP contribution >= 0.6 is 11.6 Å². The molecule has 6 heteroatoms. The fraction of sp³-hybridized carbons (Fsp3) is 0.333. The van der Waals surface area contributed by atoms with Crippen LogP contribution in [-0.4, -0.2) is 17.4 Å². The van der Waals surface area contributed by atoms with E-state index >= 15 is 0 Å². The molecule has 0 N–H and O–H groups in total. The van der Waals surface area contributed by atoms with Gasteiger partial charge >= 0.3 is 0 Å². The van der Waals surface area contributed by atoms with Crippen molar-refractivity contribution in [1.82, 2.24) is 0 Å². The number of ether oxygens (including phenoxy) is 1. The lowest BCUT2D eigenvalue weighted by Gasteiger charge is -2.05. The number of alkyl halides is 1. The highest BCUT2D eigenvalue weighted by atomic mass is 35.5. The summed E-state index contributed by atoms with van der Waals surface area (Å²) < 4.78 is 18.2. The first kappa shape index (κ1) is 11.7. The van der Waals surface area contributed by atoms with Gasteiger partial charge < -0.3 is 4.74 Å². The van der Waals surface area contributed by atoms with Gasteiger partial charge in [-0.1, -0.05) is 0 Å². The third-order valence-corrected chi connectivity index (χ3v) is 1.93. The summed E-state index contributed by atoms with van der Waals surface area (Å²) in [6.45, 7) is 0.290. The zero-order valence-corrected chi connectivity index (χ0v) is 8.54. The van der Waals surface area contributed by atoms with Crippen LogP contribution in [0.15, 0.2) is 18.2 Å². The van der Waals surface area contributed by atoms with E-state index in [0.29, 0.717) is 12.3 Å². The summed E-state index contributed by atoms with van der Waals surface area (Å²) in [4.78, 5) is 9.64. The van der Waals surface area contributed by atoms with E-state index in [-0.39, 0.29) is 18.0 Å². The van der Waals surface area contributed by atoms with Crippen molar-refractivity contribution in [2.24, 2.45) is 0 Å². The van der Waals surface area contributed by atoms with E-state index in [1.807, 2.05) is 0 Å². The minimum Gasteiger partial charge on any atom is -0.490 e. The maximum absolute atomic E-state index is 13.2. The summed E-state index contributed by atoms with van der Waals surface area (Å²) in [5.41, 5.74) is -0.294. The summed E-state index contributed by atoms with van der Waals surface area (Å²) in [5, 5.41) is 10.3. The van der Waals surface area contributed by atoms with Crippen molar-refractivity contribution in [3.63, 3.8) is 0 Å². The summed E-state index contributed by atoms with van der Waals surface area (Å²) in [5.74, 6) is -0.307. The number of hydrogen-bond donors (Lipinski definition) is 0. The second-order valence-electron chi connectivity index (χ2n) is 2.76. The molecule has 0 aliphatic carbocycles. The molecule has 0 aliphatic heterocycles. The van der Waals surface area contributed by atoms with Crippen molar-refractivity contribution in [3.05, 3.63) is 34.1 Å². The van der Waals surface area contributed by atoms with Gasteiger partial charge in [0.25, 0.3) is 5.69 Å². The highest BCUT2D eigenvalue weighted by Gasteiger charge is 2.11. The van der Waals surface area contributed by atoms with E-state index < -0.39 is 10.7 Å². The van der Waals surface area contributed by atoms with Crippen molar-refractivity contribution in [3.8, 4) is 5.75 Å².